The Bertz CT molecular complexity index is 1320. The third-order valence-electron chi connectivity index (χ3n) is 7.08. The van der Waals surface area contributed by atoms with Crippen molar-refractivity contribution in [2.45, 2.75) is 54.8 Å². The molecular weight excluding hydrogens is 516 g/mol. The van der Waals surface area contributed by atoms with Crippen molar-refractivity contribution in [3.8, 4) is 11.5 Å². The second kappa shape index (κ2) is 13.5. The molecule has 208 valence electrons. The molecule has 1 amide bonds. The van der Waals surface area contributed by atoms with E-state index in [1.54, 1.807) is 11.5 Å². The lowest BCUT2D eigenvalue weighted by atomic mass is 10.1. The molecule has 9 heteroatoms. The number of hydrogen-bond acceptors (Lipinski definition) is 7. The topological polar surface area (TPSA) is 105 Å². The molecule has 2 atom stereocenters. The smallest absolute Gasteiger partial charge is 0.244 e. The Morgan fingerprint density at radius 2 is 1.74 bits per heavy atom. The van der Waals surface area contributed by atoms with E-state index < -0.39 is 21.0 Å². The number of ether oxygens (including phenoxy) is 2. The molecule has 0 saturated carbocycles. The number of methoxy groups -OCH3 is 1. The summed E-state index contributed by atoms with van der Waals surface area (Å²) >= 11 is 0. The lowest BCUT2D eigenvalue weighted by Gasteiger charge is -2.21. The van der Waals surface area contributed by atoms with E-state index in [0.717, 1.165) is 31.5 Å². The van der Waals surface area contributed by atoms with Crippen molar-refractivity contribution in [3.63, 3.8) is 0 Å². The van der Waals surface area contributed by atoms with Crippen molar-refractivity contribution in [3.05, 3.63) is 84.4 Å². The first kappa shape index (κ1) is 28.4. The molecule has 3 aromatic rings. The zero-order chi connectivity index (χ0) is 27.7. The number of hydroxylamine groups is 1. The molecule has 1 heterocycles. The fraction of sp³-hybridized carbons (Fsp3) is 0.367. The Morgan fingerprint density at radius 1 is 1.03 bits per heavy atom. The third kappa shape index (κ3) is 7.52. The van der Waals surface area contributed by atoms with E-state index in [0.29, 0.717) is 30.9 Å². The Hall–Kier alpha value is -3.56. The number of carbonyl (C=O) groups is 1. The number of carbonyl (C=O) groups excluding carboxylic acids is 1. The van der Waals surface area contributed by atoms with Crippen LogP contribution in [-0.4, -0.2) is 51.1 Å². The van der Waals surface area contributed by atoms with Gasteiger partial charge >= 0.3 is 0 Å². The number of hydrogen-bond donors (Lipinski definition) is 2. The second-order valence-corrected chi connectivity index (χ2v) is 12.0. The van der Waals surface area contributed by atoms with Crippen LogP contribution in [-0.2, 0) is 21.1 Å². The molecular formula is C30H36N2O6S. The lowest BCUT2D eigenvalue weighted by molar-refractivity contribution is -0.129. The highest BCUT2D eigenvalue weighted by molar-refractivity contribution is 7.92. The summed E-state index contributed by atoms with van der Waals surface area (Å²) in [5, 5.41) is 8.10. The van der Waals surface area contributed by atoms with Crippen LogP contribution >= 0.6 is 0 Å². The van der Waals surface area contributed by atoms with E-state index in [4.69, 9.17) is 14.7 Å². The van der Waals surface area contributed by atoms with Gasteiger partial charge in [0.1, 0.15) is 6.10 Å². The summed E-state index contributed by atoms with van der Waals surface area (Å²) in [5.74, 6) is 0.0659. The average molecular weight is 553 g/mol. The highest BCUT2D eigenvalue weighted by Gasteiger charge is 2.31. The molecule has 0 spiro atoms. The number of rotatable bonds is 13. The van der Waals surface area contributed by atoms with Crippen molar-refractivity contribution in [2.24, 2.45) is 0 Å². The number of sulfone groups is 1. The number of unbranched alkanes of at least 4 members (excludes halogenated alkanes) is 1. The highest BCUT2D eigenvalue weighted by Crippen LogP contribution is 2.35. The first-order chi connectivity index (χ1) is 18.9. The predicted octanol–water partition coefficient (Wildman–Crippen LogP) is 4.80. The van der Waals surface area contributed by atoms with Gasteiger partial charge < -0.3 is 14.4 Å². The van der Waals surface area contributed by atoms with Gasteiger partial charge in [-0.25, -0.2) is 13.9 Å². The van der Waals surface area contributed by atoms with Crippen LogP contribution in [0.3, 0.4) is 0 Å². The molecule has 39 heavy (non-hydrogen) atoms. The summed E-state index contributed by atoms with van der Waals surface area (Å²) in [4.78, 5) is 14.3. The maximum absolute atomic E-state index is 13.7. The first-order valence-electron chi connectivity index (χ1n) is 13.3. The molecule has 0 aromatic heterocycles. The number of para-hydroxylation sites is 1. The van der Waals surface area contributed by atoms with Gasteiger partial charge in [-0.2, -0.15) is 0 Å². The van der Waals surface area contributed by atoms with Crippen LogP contribution in [0.4, 0.5) is 5.69 Å². The van der Waals surface area contributed by atoms with Crippen molar-refractivity contribution in [2.75, 3.05) is 25.1 Å². The predicted molar refractivity (Wildman–Crippen MR) is 150 cm³/mol. The number of amides is 1. The minimum absolute atomic E-state index is 0.0648. The van der Waals surface area contributed by atoms with Gasteiger partial charge in [0.15, 0.2) is 21.3 Å². The Labute approximate surface area is 230 Å². The van der Waals surface area contributed by atoms with Crippen molar-refractivity contribution in [1.29, 1.82) is 0 Å². The van der Waals surface area contributed by atoms with Gasteiger partial charge in [-0.15, -0.1) is 0 Å². The minimum Gasteiger partial charge on any atom is -0.493 e. The monoisotopic (exact) mass is 552 g/mol. The van der Waals surface area contributed by atoms with Crippen LogP contribution in [0.25, 0.3) is 0 Å². The van der Waals surface area contributed by atoms with Crippen molar-refractivity contribution < 1.29 is 27.9 Å². The standard InChI is InChI=1S/C30H36N2O6S/c1-37-28-17-16-27(20-29(28)38-25-18-19-32(22-25)24-13-6-3-7-14-24)39(35,36)26(21-30(33)31-34)15-9-8-12-23-10-4-2-5-11-23/h2-7,10-11,13-14,16-17,20,25-26,34H,8-9,12,15,18-19,21-22H2,1H3,(H,31,33). The van der Waals surface area contributed by atoms with E-state index >= 15 is 0 Å². The minimum atomic E-state index is -3.90. The summed E-state index contributed by atoms with van der Waals surface area (Å²) in [6.45, 7) is 1.50. The molecule has 1 fully saturated rings. The SMILES string of the molecule is COc1ccc(S(=O)(=O)C(CCCCc2ccccc2)CC(=O)NO)cc1OC1CCN(c2ccccc2)C1. The first-order valence-corrected chi connectivity index (χ1v) is 14.8. The lowest BCUT2D eigenvalue weighted by Crippen LogP contribution is -2.30. The maximum Gasteiger partial charge on any atom is 0.244 e. The molecule has 0 radical (unpaired) electrons. The summed E-state index contributed by atoms with van der Waals surface area (Å²) in [7, 11) is -2.39. The molecule has 2 unspecified atom stereocenters. The quantitative estimate of drug-likeness (QED) is 0.178. The second-order valence-electron chi connectivity index (χ2n) is 9.76. The number of anilines is 1. The summed E-state index contributed by atoms with van der Waals surface area (Å²) in [6.07, 6.45) is 2.84. The number of aryl methyl sites for hydroxylation is 1. The maximum atomic E-state index is 13.7. The van der Waals surface area contributed by atoms with Crippen molar-refractivity contribution in [1.82, 2.24) is 5.48 Å². The summed E-state index contributed by atoms with van der Waals surface area (Å²) < 4.78 is 39.1. The van der Waals surface area contributed by atoms with Crippen LogP contribution in [0.5, 0.6) is 11.5 Å². The van der Waals surface area contributed by atoms with Gasteiger partial charge in [0, 0.05) is 31.1 Å². The van der Waals surface area contributed by atoms with Gasteiger partial charge in [0.2, 0.25) is 5.91 Å². The summed E-state index contributed by atoms with van der Waals surface area (Å²) in [6, 6.07) is 24.6. The average Bonchev–Trinajstić information content (AvgIpc) is 3.44. The molecule has 0 bridgehead atoms. The van der Waals surface area contributed by atoms with E-state index in [-0.39, 0.29) is 17.4 Å². The molecule has 3 aromatic carbocycles. The zero-order valence-corrected chi connectivity index (χ0v) is 23.0. The van der Waals surface area contributed by atoms with Crippen LogP contribution in [0, 0.1) is 0 Å². The molecule has 4 rings (SSSR count). The van der Waals surface area contributed by atoms with E-state index in [2.05, 4.69) is 17.0 Å². The van der Waals surface area contributed by atoms with Gasteiger partial charge in [-0.1, -0.05) is 55.0 Å². The van der Waals surface area contributed by atoms with Gasteiger partial charge in [-0.05, 0) is 49.1 Å². The van der Waals surface area contributed by atoms with Gasteiger partial charge in [-0.3, -0.25) is 10.0 Å². The fourth-order valence-electron chi connectivity index (χ4n) is 4.96. The van der Waals surface area contributed by atoms with Crippen LogP contribution in [0.1, 0.15) is 37.7 Å². The van der Waals surface area contributed by atoms with Crippen LogP contribution < -0.4 is 19.9 Å². The molecule has 1 saturated heterocycles. The number of benzene rings is 3. The Morgan fingerprint density at radius 3 is 2.44 bits per heavy atom. The zero-order valence-electron chi connectivity index (χ0n) is 22.2. The molecule has 1 aliphatic heterocycles. The van der Waals surface area contributed by atoms with Gasteiger partial charge in [0.25, 0.3) is 0 Å². The van der Waals surface area contributed by atoms with E-state index in [1.807, 2.05) is 48.5 Å². The third-order valence-corrected chi connectivity index (χ3v) is 9.28. The number of nitrogens with zero attached hydrogens (tertiary/aromatic N) is 1. The van der Waals surface area contributed by atoms with Crippen LogP contribution in [0.2, 0.25) is 0 Å². The fourth-order valence-corrected chi connectivity index (χ4v) is 6.72. The molecule has 1 aliphatic rings. The normalized spacial score (nSPS) is 16.1. The Kier molecular flexibility index (Phi) is 9.84. The van der Waals surface area contributed by atoms with E-state index in [9.17, 15) is 13.2 Å². The Balaban J connectivity index is 1.47. The van der Waals surface area contributed by atoms with E-state index in [1.165, 1.54) is 24.8 Å². The largest absolute Gasteiger partial charge is 0.493 e. The molecule has 0 aliphatic carbocycles. The van der Waals surface area contributed by atoms with Gasteiger partial charge in [0.05, 0.1) is 23.8 Å². The van der Waals surface area contributed by atoms with Crippen LogP contribution in [0.15, 0.2) is 83.8 Å². The molecule has 8 nitrogen and oxygen atoms in total. The molecule has 2 N–H and O–H groups in total. The van der Waals surface area contributed by atoms with Crippen molar-refractivity contribution >= 4 is 21.4 Å². The summed E-state index contributed by atoms with van der Waals surface area (Å²) in [5.41, 5.74) is 3.87. The highest BCUT2D eigenvalue weighted by atomic mass is 32.2. The number of nitrogens with one attached hydrogen (secondary N) is 1.